The number of phosphoric acid groups is 2. The zero-order chi connectivity index (χ0) is 78.5. The third-order valence-corrected chi connectivity index (χ3v) is 23.3. The minimum Gasteiger partial charge on any atom is -0.462 e. The lowest BCUT2D eigenvalue weighted by Crippen LogP contribution is -2.30. The predicted molar refractivity (Wildman–Crippen MR) is 442 cm³/mol. The van der Waals surface area contributed by atoms with Crippen molar-refractivity contribution in [1.82, 2.24) is 0 Å². The maximum Gasteiger partial charge on any atom is 0.472 e. The molecule has 0 radical (unpaired) electrons. The molecule has 0 aliphatic heterocycles. The van der Waals surface area contributed by atoms with Gasteiger partial charge in [-0.3, -0.25) is 37.3 Å². The first-order chi connectivity index (χ1) is 51.9. The zero-order valence-corrected chi connectivity index (χ0v) is 72.2. The molecule has 0 aromatic rings. The van der Waals surface area contributed by atoms with Crippen molar-refractivity contribution in [3.05, 3.63) is 0 Å². The number of esters is 4. The second-order valence-electron chi connectivity index (χ2n) is 32.1. The van der Waals surface area contributed by atoms with Crippen LogP contribution in [0.1, 0.15) is 472 Å². The third-order valence-electron chi connectivity index (χ3n) is 21.4. The zero-order valence-electron chi connectivity index (χ0n) is 70.5. The van der Waals surface area contributed by atoms with E-state index in [4.69, 9.17) is 37.0 Å². The molecular formula is C88H172O17P2. The van der Waals surface area contributed by atoms with Crippen molar-refractivity contribution in [2.75, 3.05) is 39.6 Å². The minimum atomic E-state index is -4.97. The smallest absolute Gasteiger partial charge is 0.462 e. The van der Waals surface area contributed by atoms with E-state index in [2.05, 4.69) is 41.5 Å². The molecule has 636 valence electrons. The lowest BCUT2D eigenvalue weighted by atomic mass is 9.99. The highest BCUT2D eigenvalue weighted by atomic mass is 31.2. The molecule has 4 unspecified atom stereocenters. The molecule has 7 atom stereocenters. The number of aliphatic hydroxyl groups excluding tert-OH is 1. The Morgan fingerprint density at radius 1 is 0.262 bits per heavy atom. The molecule has 0 aliphatic rings. The molecule has 0 aromatic carbocycles. The van der Waals surface area contributed by atoms with Crippen LogP contribution in [-0.4, -0.2) is 96.7 Å². The number of hydrogen-bond acceptors (Lipinski definition) is 15. The first kappa shape index (κ1) is 105. The third kappa shape index (κ3) is 79.1. The number of aliphatic hydroxyl groups is 1. The summed E-state index contributed by atoms with van der Waals surface area (Å²) in [6, 6.07) is 0. The molecule has 107 heavy (non-hydrogen) atoms. The number of carbonyl (C=O) groups excluding carboxylic acids is 4. The molecule has 0 aliphatic carbocycles. The molecule has 17 nitrogen and oxygen atoms in total. The van der Waals surface area contributed by atoms with Crippen LogP contribution < -0.4 is 0 Å². The van der Waals surface area contributed by atoms with E-state index in [-0.39, 0.29) is 25.7 Å². The molecule has 0 amide bonds. The van der Waals surface area contributed by atoms with E-state index in [0.29, 0.717) is 25.7 Å². The molecule has 0 fully saturated rings. The van der Waals surface area contributed by atoms with E-state index in [1.165, 1.54) is 283 Å². The van der Waals surface area contributed by atoms with E-state index in [9.17, 15) is 43.2 Å². The largest absolute Gasteiger partial charge is 0.472 e. The Bertz CT molecular complexity index is 2050. The normalized spacial score (nSPS) is 14.3. The Labute approximate surface area is 658 Å². The van der Waals surface area contributed by atoms with Gasteiger partial charge in [0.1, 0.15) is 19.3 Å². The Kier molecular flexibility index (Phi) is 77.9. The summed E-state index contributed by atoms with van der Waals surface area (Å²) in [4.78, 5) is 73.2. The van der Waals surface area contributed by atoms with Gasteiger partial charge in [0.25, 0.3) is 0 Å². The monoisotopic (exact) mass is 1560 g/mol. The Balaban J connectivity index is 5.18. The highest BCUT2D eigenvalue weighted by Crippen LogP contribution is 2.45. The summed E-state index contributed by atoms with van der Waals surface area (Å²) < 4.78 is 68.9. The number of hydrogen-bond donors (Lipinski definition) is 3. The van der Waals surface area contributed by atoms with Crippen molar-refractivity contribution in [3.8, 4) is 0 Å². The summed E-state index contributed by atoms with van der Waals surface area (Å²) in [7, 11) is -9.93. The van der Waals surface area contributed by atoms with Crippen molar-refractivity contribution < 1.29 is 80.2 Å². The van der Waals surface area contributed by atoms with Crippen molar-refractivity contribution in [2.45, 2.75) is 490 Å². The molecular weight excluding hydrogens is 1390 g/mol. The number of unbranched alkanes of at least 4 members (excludes halogenated alkanes) is 55. The van der Waals surface area contributed by atoms with Crippen LogP contribution in [0.5, 0.6) is 0 Å². The van der Waals surface area contributed by atoms with Gasteiger partial charge in [-0.25, -0.2) is 9.13 Å². The lowest BCUT2D eigenvalue weighted by molar-refractivity contribution is -0.161. The Morgan fingerprint density at radius 3 is 0.664 bits per heavy atom. The van der Waals surface area contributed by atoms with Crippen molar-refractivity contribution in [3.63, 3.8) is 0 Å². The van der Waals surface area contributed by atoms with Crippen LogP contribution in [0.2, 0.25) is 0 Å². The van der Waals surface area contributed by atoms with Crippen LogP contribution in [0, 0.1) is 11.8 Å². The van der Waals surface area contributed by atoms with Gasteiger partial charge < -0.3 is 33.8 Å². The first-order valence-electron chi connectivity index (χ1n) is 45.6. The predicted octanol–water partition coefficient (Wildman–Crippen LogP) is 27.0. The summed E-state index contributed by atoms with van der Waals surface area (Å²) in [6.07, 6.45) is 72.3. The summed E-state index contributed by atoms with van der Waals surface area (Å²) in [5, 5.41) is 10.7. The molecule has 0 aromatic heterocycles. The Morgan fingerprint density at radius 2 is 0.449 bits per heavy atom. The second-order valence-corrected chi connectivity index (χ2v) is 35.0. The molecule has 3 N–H and O–H groups in total. The highest BCUT2D eigenvalue weighted by molar-refractivity contribution is 7.47. The van der Waals surface area contributed by atoms with Gasteiger partial charge >= 0.3 is 39.5 Å². The number of rotatable bonds is 87. The maximum absolute atomic E-state index is 13.2. The topological polar surface area (TPSA) is 237 Å². The van der Waals surface area contributed by atoms with Crippen LogP contribution >= 0.6 is 15.6 Å². The molecule has 0 saturated heterocycles. The van der Waals surface area contributed by atoms with Crippen LogP contribution in [0.25, 0.3) is 0 Å². The quantitative estimate of drug-likeness (QED) is 0.0222. The van der Waals surface area contributed by atoms with Crippen molar-refractivity contribution in [2.24, 2.45) is 11.8 Å². The molecule has 0 spiro atoms. The van der Waals surface area contributed by atoms with Crippen molar-refractivity contribution in [1.29, 1.82) is 0 Å². The number of carbonyl (C=O) groups is 4. The van der Waals surface area contributed by atoms with Gasteiger partial charge in [-0.15, -0.1) is 0 Å². The Hall–Kier alpha value is -1.94. The highest BCUT2D eigenvalue weighted by Gasteiger charge is 2.31. The van der Waals surface area contributed by atoms with E-state index in [1.54, 1.807) is 0 Å². The molecule has 0 bridgehead atoms. The SMILES string of the molecule is CCCCCCCCCCCCCCCCCCCCCC(=O)OC[C@H](COP(=O)(O)OC[C@@H](O)COP(=O)(O)OC[C@@H](COC(=O)CCCCCCCCCC)OC(=O)CCCCCCCCCCCCCCCCC(C)CC)OC(=O)CCCCCCCCCCCCCCCCCCCCC(C)CC. The van der Waals surface area contributed by atoms with Crippen LogP contribution in [0.3, 0.4) is 0 Å². The molecule has 0 heterocycles. The average molecular weight is 1560 g/mol. The first-order valence-corrected chi connectivity index (χ1v) is 48.6. The number of ether oxygens (including phenoxy) is 4. The van der Waals surface area contributed by atoms with Gasteiger partial charge in [-0.05, 0) is 37.5 Å². The fraction of sp³-hybridized carbons (Fsp3) is 0.955. The summed E-state index contributed by atoms with van der Waals surface area (Å²) in [6.45, 7) is 9.77. The summed E-state index contributed by atoms with van der Waals surface area (Å²) in [5.41, 5.74) is 0. The average Bonchev–Trinajstić information content (AvgIpc) is 0.903. The standard InChI is InChI=1S/C88H172O17P2/c1-7-11-13-15-17-19-20-21-22-23-24-28-31-37-42-47-53-59-65-71-86(91)99-77-84(105-88(93)72-66-60-54-48-43-38-32-29-26-25-27-30-35-40-45-50-56-62-68-80(5)9-3)79-103-107(96,97)101-75-82(89)74-100-106(94,95)102-78-83(76-98-85(90)70-64-58-52-18-16-14-12-8-2)104-87(92)73-67-61-55-49-44-39-34-33-36-41-46-51-57-63-69-81(6)10-4/h80-84,89H,7-79H2,1-6H3,(H,94,95)(H,96,97)/t80?,81?,82-,83+,84+/m0/s1. The fourth-order valence-electron chi connectivity index (χ4n) is 13.7. The minimum absolute atomic E-state index is 0.108. The van der Waals surface area contributed by atoms with Crippen LogP contribution in [0.15, 0.2) is 0 Å². The van der Waals surface area contributed by atoms with Crippen molar-refractivity contribution >= 4 is 39.5 Å². The molecule has 0 rings (SSSR count). The van der Waals surface area contributed by atoms with Gasteiger partial charge in [-0.1, -0.05) is 420 Å². The lowest BCUT2D eigenvalue weighted by Gasteiger charge is -2.21. The van der Waals surface area contributed by atoms with E-state index in [1.807, 2.05) is 0 Å². The van der Waals surface area contributed by atoms with Gasteiger partial charge in [0.2, 0.25) is 0 Å². The summed E-state index contributed by atoms with van der Waals surface area (Å²) in [5.74, 6) is -0.385. The molecule has 19 heteroatoms. The van der Waals surface area contributed by atoms with Gasteiger partial charge in [0.15, 0.2) is 12.2 Å². The second kappa shape index (κ2) is 79.3. The van der Waals surface area contributed by atoms with E-state index < -0.39 is 97.5 Å². The maximum atomic E-state index is 13.2. The summed E-state index contributed by atoms with van der Waals surface area (Å²) >= 11 is 0. The van der Waals surface area contributed by atoms with E-state index >= 15 is 0 Å². The van der Waals surface area contributed by atoms with Crippen LogP contribution in [0.4, 0.5) is 0 Å². The number of phosphoric ester groups is 2. The fourth-order valence-corrected chi connectivity index (χ4v) is 15.3. The van der Waals surface area contributed by atoms with Gasteiger partial charge in [0.05, 0.1) is 26.4 Å². The van der Waals surface area contributed by atoms with E-state index in [0.717, 1.165) is 108 Å². The van der Waals surface area contributed by atoms with Crippen LogP contribution in [-0.2, 0) is 65.4 Å². The van der Waals surface area contributed by atoms with Gasteiger partial charge in [-0.2, -0.15) is 0 Å². The van der Waals surface area contributed by atoms with Gasteiger partial charge in [0, 0.05) is 25.7 Å². The molecule has 0 saturated carbocycles.